The molecule has 0 bridgehead atoms. The molecule has 0 spiro atoms. The van der Waals surface area contributed by atoms with Crippen LogP contribution < -0.4 is 11.1 Å². The lowest BCUT2D eigenvalue weighted by molar-refractivity contribution is 0.486. The van der Waals surface area contributed by atoms with Gasteiger partial charge in [0.05, 0.1) is 0 Å². The number of hydrogen-bond donors (Lipinski definition) is 1. The molecule has 0 saturated heterocycles. The quantitative estimate of drug-likeness (QED) is 0.521. The zero-order valence-electron chi connectivity index (χ0n) is 5.23. The summed E-state index contributed by atoms with van der Waals surface area (Å²) in [5.74, 6) is 0. The van der Waals surface area contributed by atoms with Crippen LogP contribution in [0.15, 0.2) is 0 Å². The van der Waals surface area contributed by atoms with Gasteiger partial charge in [0.1, 0.15) is 0 Å². The predicted molar refractivity (Wildman–Crippen MR) is 31.2 cm³/mol. The highest BCUT2D eigenvalue weighted by Gasteiger charge is 2.07. The summed E-state index contributed by atoms with van der Waals surface area (Å²) >= 11 is 0. The number of hydrogen-bond acceptors (Lipinski definition) is 1. The Kier molecular flexibility index (Phi) is 2.26. The van der Waals surface area contributed by atoms with E-state index in [1.807, 2.05) is 13.8 Å². The van der Waals surface area contributed by atoms with Crippen LogP contribution in [0.25, 0.3) is 0 Å². The summed E-state index contributed by atoms with van der Waals surface area (Å²) in [7, 11) is 1.77. The fourth-order valence-corrected chi connectivity index (χ4v) is 0.408. The van der Waals surface area contributed by atoms with Crippen LogP contribution in [0.3, 0.4) is 0 Å². The van der Waals surface area contributed by atoms with Crippen molar-refractivity contribution in [2.45, 2.75) is 19.4 Å². The van der Waals surface area contributed by atoms with E-state index in [1.54, 1.807) is 7.05 Å². The summed E-state index contributed by atoms with van der Waals surface area (Å²) in [4.78, 5) is 0. The lowest BCUT2D eigenvalue weighted by Gasteiger charge is -2.15. The first kappa shape index (κ1) is 6.92. The van der Waals surface area contributed by atoms with E-state index in [0.717, 1.165) is 6.54 Å². The van der Waals surface area contributed by atoms with Crippen LogP contribution in [-0.2, 0) is 0 Å². The highest BCUT2D eigenvalue weighted by molar-refractivity contribution is 4.72. The van der Waals surface area contributed by atoms with Crippen molar-refractivity contribution in [2.24, 2.45) is 5.73 Å². The molecule has 0 heterocycles. The number of likely N-dealkylation sites (N-methyl/N-ethyl adjacent to an activating group) is 1. The van der Waals surface area contributed by atoms with Gasteiger partial charge in [0.2, 0.25) is 0 Å². The minimum Gasteiger partial charge on any atom is -0.324 e. The molecule has 0 unspecified atom stereocenters. The molecule has 0 aliphatic rings. The Balaban J connectivity index is 3.15. The summed E-state index contributed by atoms with van der Waals surface area (Å²) < 4.78 is 0. The Morgan fingerprint density at radius 3 is 2.00 bits per heavy atom. The summed E-state index contributed by atoms with van der Waals surface area (Å²) in [5.41, 5.74) is 5.44. The van der Waals surface area contributed by atoms with Gasteiger partial charge >= 0.3 is 0 Å². The monoisotopic (exact) mass is 101 g/mol. The maximum Gasteiger partial charge on any atom is 0.0305 e. The van der Waals surface area contributed by atoms with Gasteiger partial charge in [-0.3, -0.25) is 0 Å². The van der Waals surface area contributed by atoms with Crippen molar-refractivity contribution in [3.63, 3.8) is 0 Å². The molecular formula is C5H13N2. The van der Waals surface area contributed by atoms with Crippen LogP contribution >= 0.6 is 0 Å². The Morgan fingerprint density at radius 1 is 1.57 bits per heavy atom. The maximum atomic E-state index is 5.55. The molecule has 0 atom stereocenters. The van der Waals surface area contributed by atoms with Gasteiger partial charge in [-0.1, -0.05) is 0 Å². The van der Waals surface area contributed by atoms with Crippen LogP contribution in [0, 0.1) is 0 Å². The molecule has 2 heteroatoms. The van der Waals surface area contributed by atoms with Crippen LogP contribution in [0.2, 0.25) is 0 Å². The van der Waals surface area contributed by atoms with Crippen molar-refractivity contribution in [2.75, 3.05) is 13.6 Å². The fourth-order valence-electron chi connectivity index (χ4n) is 0.408. The SMILES string of the molecule is C[N]CC(C)(C)N. The van der Waals surface area contributed by atoms with Gasteiger partial charge in [-0.15, -0.1) is 0 Å². The highest BCUT2D eigenvalue weighted by atomic mass is 14.9. The number of rotatable bonds is 2. The van der Waals surface area contributed by atoms with E-state index < -0.39 is 0 Å². The number of nitrogens with zero attached hydrogens (tertiary/aromatic N) is 1. The third kappa shape index (κ3) is 5.92. The molecule has 2 nitrogen and oxygen atoms in total. The average molecular weight is 101 g/mol. The first-order chi connectivity index (χ1) is 3.06. The summed E-state index contributed by atoms with van der Waals surface area (Å²) in [5, 5.41) is 3.88. The minimum absolute atomic E-state index is 0.116. The second-order valence-electron chi connectivity index (χ2n) is 2.46. The molecule has 43 valence electrons. The molecule has 0 saturated carbocycles. The lowest BCUT2D eigenvalue weighted by atomic mass is 10.1. The third-order valence-corrected chi connectivity index (χ3v) is 0.566. The molecule has 0 aromatic carbocycles. The normalized spacial score (nSPS) is 12.0. The van der Waals surface area contributed by atoms with Gasteiger partial charge in [-0.2, -0.15) is 0 Å². The molecule has 0 aliphatic carbocycles. The Labute approximate surface area is 45.1 Å². The van der Waals surface area contributed by atoms with Crippen LogP contribution in [0.5, 0.6) is 0 Å². The predicted octanol–water partition coefficient (Wildman–Crippen LogP) is -0.0421. The molecule has 0 aromatic rings. The van der Waals surface area contributed by atoms with E-state index >= 15 is 0 Å². The van der Waals surface area contributed by atoms with E-state index in [4.69, 9.17) is 5.73 Å². The largest absolute Gasteiger partial charge is 0.324 e. The Hall–Kier alpha value is -0.0800. The van der Waals surface area contributed by atoms with Gasteiger partial charge in [0.15, 0.2) is 0 Å². The highest BCUT2D eigenvalue weighted by Crippen LogP contribution is 1.91. The van der Waals surface area contributed by atoms with E-state index in [2.05, 4.69) is 5.32 Å². The average Bonchev–Trinajstić information content (AvgIpc) is 1.30. The van der Waals surface area contributed by atoms with Gasteiger partial charge < -0.3 is 5.73 Å². The molecule has 0 aliphatic heterocycles. The zero-order chi connectivity index (χ0) is 5.91. The first-order valence-electron chi connectivity index (χ1n) is 2.41. The van der Waals surface area contributed by atoms with E-state index in [1.165, 1.54) is 0 Å². The van der Waals surface area contributed by atoms with Gasteiger partial charge in [0, 0.05) is 19.1 Å². The second-order valence-corrected chi connectivity index (χ2v) is 2.46. The molecular weight excluding hydrogens is 88.1 g/mol. The van der Waals surface area contributed by atoms with Crippen LogP contribution in [-0.4, -0.2) is 19.1 Å². The van der Waals surface area contributed by atoms with Crippen LogP contribution in [0.1, 0.15) is 13.8 Å². The molecule has 1 radical (unpaired) electrons. The molecule has 0 fully saturated rings. The van der Waals surface area contributed by atoms with E-state index in [0.29, 0.717) is 0 Å². The summed E-state index contributed by atoms with van der Waals surface area (Å²) in [6.45, 7) is 4.66. The molecule has 0 amide bonds. The van der Waals surface area contributed by atoms with Gasteiger partial charge in [-0.25, -0.2) is 5.32 Å². The fraction of sp³-hybridized carbons (Fsp3) is 1.00. The van der Waals surface area contributed by atoms with Crippen molar-refractivity contribution in [3.8, 4) is 0 Å². The lowest BCUT2D eigenvalue weighted by Crippen LogP contribution is -2.39. The molecule has 0 aromatic heterocycles. The van der Waals surface area contributed by atoms with E-state index in [-0.39, 0.29) is 5.54 Å². The van der Waals surface area contributed by atoms with Gasteiger partial charge in [-0.05, 0) is 13.8 Å². The summed E-state index contributed by atoms with van der Waals surface area (Å²) in [6, 6.07) is 0. The number of nitrogens with two attached hydrogens (primary N) is 1. The Bertz CT molecular complexity index is 44.5. The summed E-state index contributed by atoms with van der Waals surface area (Å²) in [6.07, 6.45) is 0. The smallest absolute Gasteiger partial charge is 0.0305 e. The molecule has 0 rings (SSSR count). The zero-order valence-corrected chi connectivity index (χ0v) is 5.23. The molecule has 2 N–H and O–H groups in total. The minimum atomic E-state index is -0.116. The topological polar surface area (TPSA) is 40.1 Å². The maximum absolute atomic E-state index is 5.55. The van der Waals surface area contributed by atoms with Crippen molar-refractivity contribution >= 4 is 0 Å². The van der Waals surface area contributed by atoms with Crippen LogP contribution in [0.4, 0.5) is 0 Å². The Morgan fingerprint density at radius 2 is 2.00 bits per heavy atom. The van der Waals surface area contributed by atoms with Gasteiger partial charge in [0.25, 0.3) is 0 Å². The second kappa shape index (κ2) is 2.28. The standard InChI is InChI=1S/C5H13N2/c1-5(2,6)4-7-3/h4,6H2,1-3H3. The molecule has 7 heavy (non-hydrogen) atoms. The van der Waals surface area contributed by atoms with Crippen molar-refractivity contribution in [1.82, 2.24) is 5.32 Å². The van der Waals surface area contributed by atoms with E-state index in [9.17, 15) is 0 Å². The van der Waals surface area contributed by atoms with Crippen molar-refractivity contribution in [1.29, 1.82) is 0 Å². The van der Waals surface area contributed by atoms with Crippen molar-refractivity contribution < 1.29 is 0 Å². The van der Waals surface area contributed by atoms with Crippen molar-refractivity contribution in [3.05, 3.63) is 0 Å². The first-order valence-corrected chi connectivity index (χ1v) is 2.41. The third-order valence-electron chi connectivity index (χ3n) is 0.566.